The monoisotopic (exact) mass is 390 g/mol. The van der Waals surface area contributed by atoms with Gasteiger partial charge in [0.15, 0.2) is 0 Å². The zero-order valence-electron chi connectivity index (χ0n) is 11.9. The molecular formula is C15H13Cl3N2O2S. The van der Waals surface area contributed by atoms with Crippen molar-refractivity contribution in [2.24, 2.45) is 5.10 Å². The molecular weight excluding hydrogens is 379 g/mol. The summed E-state index contributed by atoms with van der Waals surface area (Å²) in [5.74, 6) is 0.360. The van der Waals surface area contributed by atoms with E-state index in [-0.39, 0.29) is 5.91 Å². The van der Waals surface area contributed by atoms with Crippen LogP contribution in [-0.2, 0) is 4.79 Å². The summed E-state index contributed by atoms with van der Waals surface area (Å²) in [4.78, 5) is 12.5. The number of benzene rings is 1. The Morgan fingerprint density at radius 2 is 2.09 bits per heavy atom. The Kier molecular flexibility index (Phi) is 7.17. The van der Waals surface area contributed by atoms with Crippen LogP contribution in [0.15, 0.2) is 35.4 Å². The second-order valence-corrected chi connectivity index (χ2v) is 7.05. The molecule has 0 aliphatic rings. The molecule has 0 fully saturated rings. The average molecular weight is 392 g/mol. The highest BCUT2D eigenvalue weighted by Gasteiger charge is 2.04. The second-order valence-electron chi connectivity index (χ2n) is 4.46. The molecule has 0 aliphatic carbocycles. The minimum Gasteiger partial charge on any atom is -0.492 e. The molecule has 2 aromatic rings. The zero-order chi connectivity index (χ0) is 16.7. The van der Waals surface area contributed by atoms with Gasteiger partial charge in [0.25, 0.3) is 0 Å². The van der Waals surface area contributed by atoms with Crippen LogP contribution in [0.1, 0.15) is 17.7 Å². The number of carbonyl (C=O) groups excluding carboxylic acids is 1. The van der Waals surface area contributed by atoms with E-state index in [4.69, 9.17) is 39.5 Å². The van der Waals surface area contributed by atoms with Crippen LogP contribution in [0.3, 0.4) is 0 Å². The van der Waals surface area contributed by atoms with E-state index in [1.54, 1.807) is 30.5 Å². The third-order valence-corrected chi connectivity index (χ3v) is 4.37. The molecule has 0 spiro atoms. The molecule has 0 radical (unpaired) electrons. The maximum Gasteiger partial charge on any atom is 0.240 e. The Labute approximate surface area is 153 Å². The SMILES string of the molecule is O=C(CCCOc1ccc(Cl)cc1Cl)NN=Cc1ccc(Cl)s1. The van der Waals surface area contributed by atoms with E-state index in [2.05, 4.69) is 10.5 Å². The topological polar surface area (TPSA) is 50.7 Å². The fraction of sp³-hybridized carbons (Fsp3) is 0.200. The number of hydrazone groups is 1. The summed E-state index contributed by atoms with van der Waals surface area (Å²) in [5, 5.41) is 4.86. The van der Waals surface area contributed by atoms with Crippen molar-refractivity contribution >= 4 is 58.3 Å². The molecule has 23 heavy (non-hydrogen) atoms. The molecule has 122 valence electrons. The highest BCUT2D eigenvalue weighted by molar-refractivity contribution is 7.17. The predicted molar refractivity (Wildman–Crippen MR) is 96.3 cm³/mol. The Hall–Kier alpha value is -1.27. The number of amides is 1. The molecule has 1 N–H and O–H groups in total. The van der Waals surface area contributed by atoms with Crippen molar-refractivity contribution in [1.82, 2.24) is 5.43 Å². The number of thiophene rings is 1. The van der Waals surface area contributed by atoms with Crippen LogP contribution >= 0.6 is 46.1 Å². The van der Waals surface area contributed by atoms with Gasteiger partial charge in [0.2, 0.25) is 5.91 Å². The Morgan fingerprint density at radius 1 is 1.26 bits per heavy atom. The van der Waals surface area contributed by atoms with Crippen molar-refractivity contribution < 1.29 is 9.53 Å². The minimum absolute atomic E-state index is 0.185. The van der Waals surface area contributed by atoms with Gasteiger partial charge in [0.1, 0.15) is 5.75 Å². The number of rotatable bonds is 7. The lowest BCUT2D eigenvalue weighted by Crippen LogP contribution is -2.17. The molecule has 0 atom stereocenters. The predicted octanol–water partition coefficient (Wildman–Crippen LogP) is 5.02. The summed E-state index contributed by atoms with van der Waals surface area (Å²) in [7, 11) is 0. The largest absolute Gasteiger partial charge is 0.492 e. The van der Waals surface area contributed by atoms with Gasteiger partial charge in [-0.05, 0) is 36.8 Å². The van der Waals surface area contributed by atoms with Crippen LogP contribution in [0.25, 0.3) is 0 Å². The molecule has 1 heterocycles. The number of ether oxygens (including phenoxy) is 1. The van der Waals surface area contributed by atoms with Crippen LogP contribution in [-0.4, -0.2) is 18.7 Å². The first-order chi connectivity index (χ1) is 11.0. The molecule has 2 rings (SSSR count). The van der Waals surface area contributed by atoms with E-state index in [0.29, 0.717) is 39.6 Å². The number of nitrogens with one attached hydrogen (secondary N) is 1. The van der Waals surface area contributed by atoms with Crippen LogP contribution in [0.5, 0.6) is 5.75 Å². The van der Waals surface area contributed by atoms with E-state index >= 15 is 0 Å². The van der Waals surface area contributed by atoms with Gasteiger partial charge < -0.3 is 4.74 Å². The van der Waals surface area contributed by atoms with Crippen LogP contribution < -0.4 is 10.2 Å². The molecule has 0 unspecified atom stereocenters. The van der Waals surface area contributed by atoms with Gasteiger partial charge in [-0.2, -0.15) is 5.10 Å². The normalized spacial score (nSPS) is 10.9. The van der Waals surface area contributed by atoms with Gasteiger partial charge in [0.05, 0.1) is 22.2 Å². The fourth-order valence-electron chi connectivity index (χ4n) is 1.63. The number of halogens is 3. The van der Waals surface area contributed by atoms with E-state index < -0.39 is 0 Å². The van der Waals surface area contributed by atoms with Crippen molar-refractivity contribution in [1.29, 1.82) is 0 Å². The first-order valence-corrected chi connectivity index (χ1v) is 8.65. The summed E-state index contributed by atoms with van der Waals surface area (Å²) in [5.41, 5.74) is 2.45. The van der Waals surface area contributed by atoms with Crippen LogP contribution in [0.4, 0.5) is 0 Å². The highest BCUT2D eigenvalue weighted by atomic mass is 35.5. The smallest absolute Gasteiger partial charge is 0.240 e. The Morgan fingerprint density at radius 3 is 2.78 bits per heavy atom. The summed E-state index contributed by atoms with van der Waals surface area (Å²) in [6.45, 7) is 0.374. The molecule has 0 saturated carbocycles. The lowest BCUT2D eigenvalue weighted by Gasteiger charge is -2.07. The maximum absolute atomic E-state index is 11.6. The number of carbonyl (C=O) groups is 1. The third-order valence-electron chi connectivity index (χ3n) is 2.67. The van der Waals surface area contributed by atoms with Crippen molar-refractivity contribution in [2.45, 2.75) is 12.8 Å². The molecule has 4 nitrogen and oxygen atoms in total. The highest BCUT2D eigenvalue weighted by Crippen LogP contribution is 2.27. The lowest BCUT2D eigenvalue weighted by molar-refractivity contribution is -0.121. The van der Waals surface area contributed by atoms with Crippen molar-refractivity contribution in [3.63, 3.8) is 0 Å². The van der Waals surface area contributed by atoms with Crippen LogP contribution in [0.2, 0.25) is 14.4 Å². The van der Waals surface area contributed by atoms with Gasteiger partial charge >= 0.3 is 0 Å². The van der Waals surface area contributed by atoms with Gasteiger partial charge in [-0.1, -0.05) is 34.8 Å². The van der Waals surface area contributed by atoms with Gasteiger partial charge in [-0.3, -0.25) is 4.79 Å². The zero-order valence-corrected chi connectivity index (χ0v) is 15.0. The van der Waals surface area contributed by atoms with E-state index in [1.165, 1.54) is 11.3 Å². The number of nitrogens with zero attached hydrogens (tertiary/aromatic N) is 1. The van der Waals surface area contributed by atoms with E-state index in [1.807, 2.05) is 6.07 Å². The minimum atomic E-state index is -0.185. The second kappa shape index (κ2) is 9.13. The standard InChI is InChI=1S/C15H13Cl3N2O2S/c16-10-3-5-13(12(17)8-10)22-7-1-2-15(21)20-19-9-11-4-6-14(18)23-11/h3-6,8-9H,1-2,7H2,(H,20,21). The molecule has 1 aromatic carbocycles. The number of hydrogen-bond donors (Lipinski definition) is 1. The summed E-state index contributed by atoms with van der Waals surface area (Å²) in [6, 6.07) is 8.60. The maximum atomic E-state index is 11.6. The molecule has 0 saturated heterocycles. The molecule has 0 bridgehead atoms. The number of hydrogen-bond acceptors (Lipinski definition) is 4. The summed E-state index contributed by atoms with van der Waals surface area (Å²) < 4.78 is 6.17. The van der Waals surface area contributed by atoms with Gasteiger partial charge in [-0.15, -0.1) is 11.3 Å². The van der Waals surface area contributed by atoms with Crippen LogP contribution in [0, 0.1) is 0 Å². The van der Waals surface area contributed by atoms with Gasteiger partial charge in [-0.25, -0.2) is 5.43 Å². The van der Waals surface area contributed by atoms with E-state index in [9.17, 15) is 4.79 Å². The molecule has 0 aliphatic heterocycles. The third kappa shape index (κ3) is 6.39. The Balaban J connectivity index is 1.65. The van der Waals surface area contributed by atoms with Crippen molar-refractivity contribution in [3.8, 4) is 5.75 Å². The fourth-order valence-corrected chi connectivity index (χ4v) is 3.02. The summed E-state index contributed by atoms with van der Waals surface area (Å²) in [6.07, 6.45) is 2.40. The van der Waals surface area contributed by atoms with Crippen molar-refractivity contribution in [3.05, 3.63) is 49.6 Å². The first-order valence-electron chi connectivity index (χ1n) is 6.69. The average Bonchev–Trinajstić information content (AvgIpc) is 2.91. The molecule has 1 amide bonds. The van der Waals surface area contributed by atoms with E-state index in [0.717, 1.165) is 4.88 Å². The van der Waals surface area contributed by atoms with Gasteiger partial charge in [0, 0.05) is 16.3 Å². The molecule has 8 heteroatoms. The van der Waals surface area contributed by atoms with Crippen molar-refractivity contribution in [2.75, 3.05) is 6.61 Å². The molecule has 1 aromatic heterocycles. The lowest BCUT2D eigenvalue weighted by atomic mass is 10.3. The first kappa shape index (κ1) is 18.1. The summed E-state index contributed by atoms with van der Waals surface area (Å²) >= 11 is 19.0. The quantitative estimate of drug-likeness (QED) is 0.409. The Bertz CT molecular complexity index is 704.